The number of nitrogens with zero attached hydrogens (tertiary/aromatic N) is 2. The van der Waals surface area contributed by atoms with Gasteiger partial charge in [-0.2, -0.15) is 0 Å². The SMILES string of the molecule is COc1c(NN)ncnc1Nc1cc(F)cc(F)c1F. The monoisotopic (exact) mass is 285 g/mol. The Morgan fingerprint density at radius 1 is 1.15 bits per heavy atom. The first-order valence-electron chi connectivity index (χ1n) is 5.34. The fourth-order valence-corrected chi connectivity index (χ4v) is 1.53. The molecule has 106 valence electrons. The molecule has 2 aromatic rings. The van der Waals surface area contributed by atoms with Gasteiger partial charge in [-0.15, -0.1) is 0 Å². The van der Waals surface area contributed by atoms with Crippen LogP contribution in [0.2, 0.25) is 0 Å². The van der Waals surface area contributed by atoms with Crippen LogP contribution in [0.5, 0.6) is 5.75 Å². The molecule has 1 heterocycles. The van der Waals surface area contributed by atoms with Crippen LogP contribution in [-0.2, 0) is 0 Å². The fourth-order valence-electron chi connectivity index (χ4n) is 1.53. The summed E-state index contributed by atoms with van der Waals surface area (Å²) in [6, 6.07) is 1.22. The van der Waals surface area contributed by atoms with Gasteiger partial charge in [0.05, 0.1) is 12.8 Å². The molecule has 1 aromatic heterocycles. The number of benzene rings is 1. The van der Waals surface area contributed by atoms with Gasteiger partial charge < -0.3 is 15.5 Å². The van der Waals surface area contributed by atoms with Crippen LogP contribution in [0.4, 0.5) is 30.5 Å². The zero-order valence-electron chi connectivity index (χ0n) is 10.2. The minimum absolute atomic E-state index is 0.000602. The lowest BCUT2D eigenvalue weighted by atomic mass is 10.2. The van der Waals surface area contributed by atoms with E-state index in [0.29, 0.717) is 6.07 Å². The van der Waals surface area contributed by atoms with Crippen LogP contribution in [0.1, 0.15) is 0 Å². The maximum atomic E-state index is 13.6. The standard InChI is InChI=1S/C11H10F3N5O/c1-20-9-10(16-4-17-11(9)19-15)18-7-3-5(12)2-6(13)8(7)14/h2-4H,15H2,1H3,(H2,16,17,18,19). The van der Waals surface area contributed by atoms with E-state index in [2.05, 4.69) is 20.7 Å². The Labute approximate surface area is 111 Å². The van der Waals surface area contributed by atoms with Crippen molar-refractivity contribution in [1.29, 1.82) is 0 Å². The van der Waals surface area contributed by atoms with E-state index in [0.717, 1.165) is 12.4 Å². The number of anilines is 3. The summed E-state index contributed by atoms with van der Waals surface area (Å²) in [7, 11) is 1.31. The summed E-state index contributed by atoms with van der Waals surface area (Å²) < 4.78 is 44.8. The van der Waals surface area contributed by atoms with E-state index in [4.69, 9.17) is 10.6 Å². The highest BCUT2D eigenvalue weighted by Crippen LogP contribution is 2.32. The molecule has 20 heavy (non-hydrogen) atoms. The maximum absolute atomic E-state index is 13.6. The Hall–Kier alpha value is -2.55. The Bertz CT molecular complexity index is 638. The molecule has 0 saturated heterocycles. The Morgan fingerprint density at radius 3 is 2.50 bits per heavy atom. The third kappa shape index (κ3) is 2.57. The van der Waals surface area contributed by atoms with E-state index in [1.807, 2.05) is 0 Å². The molecule has 0 aliphatic heterocycles. The van der Waals surface area contributed by atoms with Crippen molar-refractivity contribution in [2.45, 2.75) is 0 Å². The summed E-state index contributed by atoms with van der Waals surface area (Å²) >= 11 is 0. The molecule has 0 unspecified atom stereocenters. The molecule has 4 N–H and O–H groups in total. The van der Waals surface area contributed by atoms with E-state index in [9.17, 15) is 13.2 Å². The van der Waals surface area contributed by atoms with Crippen molar-refractivity contribution in [1.82, 2.24) is 9.97 Å². The van der Waals surface area contributed by atoms with E-state index < -0.39 is 23.1 Å². The van der Waals surface area contributed by atoms with Crippen molar-refractivity contribution in [2.75, 3.05) is 17.9 Å². The summed E-state index contributed by atoms with van der Waals surface area (Å²) in [5.41, 5.74) is 1.82. The second kappa shape index (κ2) is 5.61. The lowest BCUT2D eigenvalue weighted by Crippen LogP contribution is -2.12. The van der Waals surface area contributed by atoms with Crippen molar-refractivity contribution < 1.29 is 17.9 Å². The van der Waals surface area contributed by atoms with Gasteiger partial charge in [-0.1, -0.05) is 0 Å². The number of nitrogens with two attached hydrogens (primary N) is 1. The molecular weight excluding hydrogens is 275 g/mol. The van der Waals surface area contributed by atoms with Crippen LogP contribution >= 0.6 is 0 Å². The molecule has 1 aromatic carbocycles. The number of hydrazine groups is 1. The van der Waals surface area contributed by atoms with Gasteiger partial charge in [0.1, 0.15) is 12.1 Å². The largest absolute Gasteiger partial charge is 0.490 e. The zero-order chi connectivity index (χ0) is 14.7. The summed E-state index contributed by atoms with van der Waals surface area (Å²) in [4.78, 5) is 7.57. The van der Waals surface area contributed by atoms with Gasteiger partial charge in [0.15, 0.2) is 23.3 Å². The highest BCUT2D eigenvalue weighted by Gasteiger charge is 2.16. The molecule has 0 saturated carbocycles. The Balaban J connectivity index is 2.45. The molecule has 0 atom stereocenters. The fraction of sp³-hybridized carbons (Fsp3) is 0.0909. The number of aromatic nitrogens is 2. The molecular formula is C11H10F3N5O. The van der Waals surface area contributed by atoms with Gasteiger partial charge in [-0.3, -0.25) is 0 Å². The highest BCUT2D eigenvalue weighted by atomic mass is 19.2. The van der Waals surface area contributed by atoms with Gasteiger partial charge in [0.25, 0.3) is 0 Å². The second-order valence-electron chi connectivity index (χ2n) is 3.62. The maximum Gasteiger partial charge on any atom is 0.205 e. The van der Waals surface area contributed by atoms with Crippen molar-refractivity contribution in [2.24, 2.45) is 5.84 Å². The van der Waals surface area contributed by atoms with Gasteiger partial charge >= 0.3 is 0 Å². The van der Waals surface area contributed by atoms with Crippen LogP contribution in [-0.4, -0.2) is 17.1 Å². The molecule has 0 fully saturated rings. The third-order valence-corrected chi connectivity index (χ3v) is 2.39. The minimum Gasteiger partial charge on any atom is -0.490 e. The molecule has 0 aliphatic rings. The van der Waals surface area contributed by atoms with Crippen LogP contribution in [0.25, 0.3) is 0 Å². The average molecular weight is 285 g/mol. The number of methoxy groups -OCH3 is 1. The predicted octanol–water partition coefficient (Wildman–Crippen LogP) is 1.93. The lowest BCUT2D eigenvalue weighted by molar-refractivity contribution is 0.415. The van der Waals surface area contributed by atoms with Crippen molar-refractivity contribution >= 4 is 17.3 Å². The van der Waals surface area contributed by atoms with Gasteiger partial charge in [0, 0.05) is 12.1 Å². The summed E-state index contributed by atoms with van der Waals surface area (Å²) in [6.07, 6.45) is 1.12. The number of rotatable bonds is 4. The molecule has 0 spiro atoms. The van der Waals surface area contributed by atoms with Crippen LogP contribution in [0.3, 0.4) is 0 Å². The van der Waals surface area contributed by atoms with E-state index >= 15 is 0 Å². The first-order chi connectivity index (χ1) is 9.56. The number of ether oxygens (including phenoxy) is 1. The first kappa shape index (κ1) is 13.9. The second-order valence-corrected chi connectivity index (χ2v) is 3.62. The molecule has 9 heteroatoms. The van der Waals surface area contributed by atoms with Crippen LogP contribution in [0, 0.1) is 17.5 Å². The lowest BCUT2D eigenvalue weighted by Gasteiger charge is -2.13. The van der Waals surface area contributed by atoms with Gasteiger partial charge in [-0.05, 0) is 0 Å². The number of nitrogens with one attached hydrogen (secondary N) is 2. The number of halogens is 3. The molecule has 0 aliphatic carbocycles. The topological polar surface area (TPSA) is 85.1 Å². The average Bonchev–Trinajstić information content (AvgIpc) is 2.43. The Kier molecular flexibility index (Phi) is 3.89. The van der Waals surface area contributed by atoms with Crippen molar-refractivity contribution in [3.63, 3.8) is 0 Å². The van der Waals surface area contributed by atoms with Crippen LogP contribution < -0.4 is 21.3 Å². The molecule has 0 bridgehead atoms. The number of nitrogen functional groups attached to an aromatic ring is 1. The normalized spacial score (nSPS) is 10.2. The van der Waals surface area contributed by atoms with Gasteiger partial charge in [-0.25, -0.2) is 29.0 Å². The summed E-state index contributed by atoms with van der Waals surface area (Å²) in [5, 5.41) is 2.42. The number of hydrogen-bond acceptors (Lipinski definition) is 6. The number of hydrogen-bond donors (Lipinski definition) is 3. The third-order valence-electron chi connectivity index (χ3n) is 2.39. The summed E-state index contributed by atoms with van der Waals surface area (Å²) in [6.45, 7) is 0. The molecule has 0 radical (unpaired) electrons. The molecule has 6 nitrogen and oxygen atoms in total. The van der Waals surface area contributed by atoms with Crippen molar-refractivity contribution in [3.8, 4) is 5.75 Å². The van der Waals surface area contributed by atoms with E-state index in [1.54, 1.807) is 0 Å². The summed E-state index contributed by atoms with van der Waals surface area (Å²) in [5.74, 6) is 1.92. The van der Waals surface area contributed by atoms with Gasteiger partial charge in [0.2, 0.25) is 5.75 Å². The quantitative estimate of drug-likeness (QED) is 0.452. The van der Waals surface area contributed by atoms with E-state index in [1.165, 1.54) is 7.11 Å². The smallest absolute Gasteiger partial charge is 0.205 e. The zero-order valence-corrected chi connectivity index (χ0v) is 10.2. The van der Waals surface area contributed by atoms with Crippen molar-refractivity contribution in [3.05, 3.63) is 35.9 Å². The Morgan fingerprint density at radius 2 is 1.85 bits per heavy atom. The molecule has 0 amide bonds. The molecule has 2 rings (SSSR count). The highest BCUT2D eigenvalue weighted by molar-refractivity contribution is 5.69. The minimum atomic E-state index is -1.32. The van der Waals surface area contributed by atoms with E-state index in [-0.39, 0.29) is 17.4 Å². The van der Waals surface area contributed by atoms with Crippen LogP contribution in [0.15, 0.2) is 18.5 Å². The predicted molar refractivity (Wildman–Crippen MR) is 66.0 cm³/mol. The first-order valence-corrected chi connectivity index (χ1v) is 5.34.